The van der Waals surface area contributed by atoms with Crippen LogP contribution in [0.3, 0.4) is 0 Å². The van der Waals surface area contributed by atoms with Crippen molar-refractivity contribution in [2.75, 3.05) is 12.0 Å². The summed E-state index contributed by atoms with van der Waals surface area (Å²) in [5.41, 5.74) is 10.2. The molecule has 106 valence electrons. The Balaban J connectivity index is 2.25. The molecule has 1 aromatic heterocycles. The minimum absolute atomic E-state index is 0.426. The summed E-state index contributed by atoms with van der Waals surface area (Å²) < 4.78 is 5.55. The van der Waals surface area contributed by atoms with Crippen LogP contribution >= 0.6 is 11.8 Å². The lowest BCUT2D eigenvalue weighted by atomic mass is 9.98. The minimum Gasteiger partial charge on any atom is -0.380 e. The van der Waals surface area contributed by atoms with Crippen molar-refractivity contribution in [2.24, 2.45) is 0 Å². The monoisotopic (exact) mass is 296 g/mol. The third kappa shape index (κ3) is 2.43. The van der Waals surface area contributed by atoms with Gasteiger partial charge in [0.05, 0.1) is 5.56 Å². The highest BCUT2D eigenvalue weighted by molar-refractivity contribution is 7.98. The summed E-state index contributed by atoms with van der Waals surface area (Å²) >= 11 is 1.68. The number of nitrogens with zero attached hydrogens (tertiary/aromatic N) is 1. The molecule has 0 radical (unpaired) electrons. The molecule has 0 aliphatic carbocycles. The fourth-order valence-corrected chi connectivity index (χ4v) is 3.03. The van der Waals surface area contributed by atoms with Gasteiger partial charge in [-0.1, -0.05) is 41.6 Å². The van der Waals surface area contributed by atoms with Gasteiger partial charge in [-0.05, 0) is 36.4 Å². The molecule has 0 aliphatic heterocycles. The van der Waals surface area contributed by atoms with Gasteiger partial charge in [-0.15, -0.1) is 11.8 Å². The van der Waals surface area contributed by atoms with Crippen molar-refractivity contribution in [1.29, 1.82) is 0 Å². The first-order chi connectivity index (χ1) is 10.2. The molecular formula is C17H16N2OS. The lowest BCUT2D eigenvalue weighted by Crippen LogP contribution is -1.91. The van der Waals surface area contributed by atoms with Gasteiger partial charge in [0.15, 0.2) is 11.6 Å². The van der Waals surface area contributed by atoms with Gasteiger partial charge in [0.1, 0.15) is 0 Å². The maximum atomic E-state index is 6.06. The highest BCUT2D eigenvalue weighted by atomic mass is 32.2. The van der Waals surface area contributed by atoms with E-state index in [9.17, 15) is 0 Å². The SMILES string of the molecule is CSc1ccccc1-c1onc(N)c1-c1ccccc1C. The summed E-state index contributed by atoms with van der Waals surface area (Å²) in [5.74, 6) is 1.15. The van der Waals surface area contributed by atoms with Crippen molar-refractivity contribution >= 4 is 17.6 Å². The Morgan fingerprint density at radius 3 is 2.38 bits per heavy atom. The van der Waals surface area contributed by atoms with E-state index in [2.05, 4.69) is 24.2 Å². The first kappa shape index (κ1) is 13.8. The Kier molecular flexibility index (Phi) is 3.71. The van der Waals surface area contributed by atoms with Gasteiger partial charge in [-0.2, -0.15) is 0 Å². The maximum absolute atomic E-state index is 6.06. The number of anilines is 1. The van der Waals surface area contributed by atoms with Crippen molar-refractivity contribution in [3.63, 3.8) is 0 Å². The van der Waals surface area contributed by atoms with Gasteiger partial charge >= 0.3 is 0 Å². The second kappa shape index (κ2) is 5.66. The molecule has 3 rings (SSSR count). The Hall–Kier alpha value is -2.20. The van der Waals surface area contributed by atoms with E-state index in [1.807, 2.05) is 42.7 Å². The molecule has 3 nitrogen and oxygen atoms in total. The average molecular weight is 296 g/mol. The number of hydrogen-bond acceptors (Lipinski definition) is 4. The average Bonchev–Trinajstić information content (AvgIpc) is 2.89. The predicted molar refractivity (Wildman–Crippen MR) is 88.3 cm³/mol. The van der Waals surface area contributed by atoms with Crippen LogP contribution in [0.1, 0.15) is 5.56 Å². The third-order valence-electron chi connectivity index (χ3n) is 3.48. The summed E-state index contributed by atoms with van der Waals surface area (Å²) in [5, 5.41) is 3.98. The zero-order valence-corrected chi connectivity index (χ0v) is 12.8. The van der Waals surface area contributed by atoms with Crippen LogP contribution in [-0.2, 0) is 0 Å². The van der Waals surface area contributed by atoms with E-state index in [-0.39, 0.29) is 0 Å². The molecule has 0 fully saturated rings. The lowest BCUT2D eigenvalue weighted by molar-refractivity contribution is 0.435. The summed E-state index contributed by atoms with van der Waals surface area (Å²) in [7, 11) is 0. The van der Waals surface area contributed by atoms with Crippen LogP contribution in [0, 0.1) is 6.92 Å². The highest BCUT2D eigenvalue weighted by Gasteiger charge is 2.20. The fraction of sp³-hybridized carbons (Fsp3) is 0.118. The van der Waals surface area contributed by atoms with Gasteiger partial charge in [-0.25, -0.2) is 0 Å². The van der Waals surface area contributed by atoms with Gasteiger partial charge < -0.3 is 10.3 Å². The first-order valence-corrected chi connectivity index (χ1v) is 7.89. The number of nitrogens with two attached hydrogens (primary N) is 1. The Morgan fingerprint density at radius 2 is 1.67 bits per heavy atom. The summed E-state index contributed by atoms with van der Waals surface area (Å²) in [4.78, 5) is 1.14. The van der Waals surface area contributed by atoms with Gasteiger partial charge in [-0.3, -0.25) is 0 Å². The lowest BCUT2D eigenvalue weighted by Gasteiger charge is -2.08. The summed E-state index contributed by atoms with van der Waals surface area (Å²) in [6, 6.07) is 16.2. The minimum atomic E-state index is 0.426. The number of benzene rings is 2. The summed E-state index contributed by atoms with van der Waals surface area (Å²) in [6.45, 7) is 2.06. The van der Waals surface area contributed by atoms with Crippen LogP contribution in [0.15, 0.2) is 57.9 Å². The molecule has 0 spiro atoms. The first-order valence-electron chi connectivity index (χ1n) is 6.67. The molecule has 2 N–H and O–H groups in total. The number of aryl methyl sites for hydroxylation is 1. The number of rotatable bonds is 3. The molecule has 0 aliphatic rings. The van der Waals surface area contributed by atoms with Crippen LogP contribution in [-0.4, -0.2) is 11.4 Å². The number of thioether (sulfide) groups is 1. The van der Waals surface area contributed by atoms with E-state index in [0.717, 1.165) is 32.9 Å². The van der Waals surface area contributed by atoms with Crippen molar-refractivity contribution < 1.29 is 4.52 Å². The van der Waals surface area contributed by atoms with E-state index in [1.54, 1.807) is 11.8 Å². The van der Waals surface area contributed by atoms with Crippen LogP contribution in [0.4, 0.5) is 5.82 Å². The van der Waals surface area contributed by atoms with E-state index < -0.39 is 0 Å². The molecule has 0 atom stereocenters. The molecule has 21 heavy (non-hydrogen) atoms. The summed E-state index contributed by atoms with van der Waals surface area (Å²) in [6.07, 6.45) is 2.05. The molecule has 0 amide bonds. The van der Waals surface area contributed by atoms with E-state index in [0.29, 0.717) is 5.82 Å². The molecule has 4 heteroatoms. The Morgan fingerprint density at radius 1 is 1.00 bits per heavy atom. The van der Waals surface area contributed by atoms with Gasteiger partial charge in [0.25, 0.3) is 0 Å². The third-order valence-corrected chi connectivity index (χ3v) is 4.28. The van der Waals surface area contributed by atoms with E-state index in [4.69, 9.17) is 10.3 Å². The highest BCUT2D eigenvalue weighted by Crippen LogP contribution is 2.40. The smallest absolute Gasteiger partial charge is 0.178 e. The molecule has 0 saturated carbocycles. The van der Waals surface area contributed by atoms with Crippen LogP contribution in [0.5, 0.6) is 0 Å². The van der Waals surface area contributed by atoms with Gasteiger partial charge in [0.2, 0.25) is 0 Å². The quantitative estimate of drug-likeness (QED) is 0.716. The molecule has 0 bridgehead atoms. The van der Waals surface area contributed by atoms with Crippen molar-refractivity contribution in [2.45, 2.75) is 11.8 Å². The zero-order chi connectivity index (χ0) is 14.8. The molecule has 1 heterocycles. The second-order valence-corrected chi connectivity index (χ2v) is 5.64. The Bertz CT molecular complexity index is 780. The normalized spacial score (nSPS) is 10.8. The molecule has 0 unspecified atom stereocenters. The number of nitrogen functional groups attached to an aromatic ring is 1. The van der Waals surface area contributed by atoms with Gasteiger partial charge in [0, 0.05) is 10.5 Å². The molecule has 2 aromatic carbocycles. The second-order valence-electron chi connectivity index (χ2n) is 4.79. The molecular weight excluding hydrogens is 280 g/mol. The van der Waals surface area contributed by atoms with E-state index >= 15 is 0 Å². The zero-order valence-electron chi connectivity index (χ0n) is 12.0. The molecule has 0 saturated heterocycles. The maximum Gasteiger partial charge on any atom is 0.178 e. The van der Waals surface area contributed by atoms with Crippen LogP contribution in [0.2, 0.25) is 0 Å². The number of hydrogen-bond donors (Lipinski definition) is 1. The van der Waals surface area contributed by atoms with Crippen molar-refractivity contribution in [3.8, 4) is 22.5 Å². The largest absolute Gasteiger partial charge is 0.380 e. The number of aromatic nitrogens is 1. The predicted octanol–water partition coefficient (Wildman–Crippen LogP) is 4.62. The Labute approximate surface area is 128 Å². The van der Waals surface area contributed by atoms with Crippen molar-refractivity contribution in [1.82, 2.24) is 5.16 Å². The molecule has 3 aromatic rings. The topological polar surface area (TPSA) is 52.0 Å². The fourth-order valence-electron chi connectivity index (χ4n) is 2.43. The standard InChI is InChI=1S/C17H16N2OS/c1-11-7-3-4-8-12(11)15-16(20-19-17(15)18)13-9-5-6-10-14(13)21-2/h3-10H,1-2H3,(H2,18,19). The van der Waals surface area contributed by atoms with Crippen molar-refractivity contribution in [3.05, 3.63) is 54.1 Å². The van der Waals surface area contributed by atoms with E-state index in [1.165, 1.54) is 0 Å². The van der Waals surface area contributed by atoms with Crippen LogP contribution in [0.25, 0.3) is 22.5 Å². The van der Waals surface area contributed by atoms with Crippen LogP contribution < -0.4 is 5.73 Å².